The Morgan fingerprint density at radius 1 is 1.11 bits per heavy atom. The van der Waals surface area contributed by atoms with Gasteiger partial charge in [0.1, 0.15) is 0 Å². The van der Waals surface area contributed by atoms with Gasteiger partial charge in [0.15, 0.2) is 11.5 Å². The Kier molecular flexibility index (Phi) is 7.38. The number of fused-ring (bicyclic) bond motifs is 1. The lowest BCUT2D eigenvalue weighted by Crippen LogP contribution is -2.33. The van der Waals surface area contributed by atoms with Gasteiger partial charge in [-0.2, -0.15) is 0 Å². The van der Waals surface area contributed by atoms with Crippen molar-refractivity contribution in [2.24, 2.45) is 5.92 Å². The zero-order valence-electron chi connectivity index (χ0n) is 15.8. The highest BCUT2D eigenvalue weighted by Crippen LogP contribution is 2.34. The number of nitrogens with one attached hydrogen (secondary N) is 1. The van der Waals surface area contributed by atoms with Crippen LogP contribution in [0.5, 0.6) is 11.5 Å². The molecular formula is C21H23Cl2NO3S. The van der Waals surface area contributed by atoms with E-state index in [1.165, 1.54) is 11.8 Å². The molecule has 4 nitrogen and oxygen atoms in total. The highest BCUT2D eigenvalue weighted by atomic mass is 35.5. The lowest BCUT2D eigenvalue weighted by atomic mass is 9.95. The summed E-state index contributed by atoms with van der Waals surface area (Å²) in [4.78, 5) is 13.4. The quantitative estimate of drug-likeness (QED) is 0.581. The Balaban J connectivity index is 1.68. The molecule has 2 aromatic carbocycles. The van der Waals surface area contributed by atoms with Gasteiger partial charge in [-0.1, -0.05) is 43.1 Å². The van der Waals surface area contributed by atoms with Crippen LogP contribution in [0.1, 0.15) is 31.9 Å². The van der Waals surface area contributed by atoms with Gasteiger partial charge in [-0.25, -0.2) is 0 Å². The molecular weight excluding hydrogens is 417 g/mol. The lowest BCUT2D eigenvalue weighted by Gasteiger charge is -2.24. The van der Waals surface area contributed by atoms with Crippen molar-refractivity contribution >= 4 is 40.9 Å². The molecule has 3 rings (SSSR count). The summed E-state index contributed by atoms with van der Waals surface area (Å²) in [7, 11) is 0. The largest absolute Gasteiger partial charge is 0.490 e. The number of hydrogen-bond donors (Lipinski definition) is 1. The van der Waals surface area contributed by atoms with E-state index in [1.54, 1.807) is 18.2 Å². The SMILES string of the molecule is CC(C)C(NC(=O)CSc1cc(Cl)ccc1Cl)c1ccc2c(c1)OCCCO2. The lowest BCUT2D eigenvalue weighted by molar-refractivity contribution is -0.119. The van der Waals surface area contributed by atoms with E-state index in [-0.39, 0.29) is 23.6 Å². The van der Waals surface area contributed by atoms with E-state index >= 15 is 0 Å². The van der Waals surface area contributed by atoms with Crippen LogP contribution >= 0.6 is 35.0 Å². The maximum absolute atomic E-state index is 12.6. The number of ether oxygens (including phenoxy) is 2. The third kappa shape index (κ3) is 5.49. The van der Waals surface area contributed by atoms with E-state index in [9.17, 15) is 4.79 Å². The minimum atomic E-state index is -0.125. The molecule has 150 valence electrons. The number of rotatable bonds is 6. The number of amides is 1. The van der Waals surface area contributed by atoms with Crippen LogP contribution in [-0.4, -0.2) is 24.9 Å². The molecule has 1 atom stereocenters. The van der Waals surface area contributed by atoms with Crippen LogP contribution in [0.2, 0.25) is 10.0 Å². The Morgan fingerprint density at radius 3 is 2.61 bits per heavy atom. The van der Waals surface area contributed by atoms with Gasteiger partial charge in [-0.3, -0.25) is 4.79 Å². The molecule has 0 aliphatic carbocycles. The molecule has 0 spiro atoms. The van der Waals surface area contributed by atoms with E-state index in [0.29, 0.717) is 23.3 Å². The first kappa shape index (κ1) is 21.2. The van der Waals surface area contributed by atoms with Crippen molar-refractivity contribution < 1.29 is 14.3 Å². The fraction of sp³-hybridized carbons (Fsp3) is 0.381. The van der Waals surface area contributed by atoms with Crippen molar-refractivity contribution in [1.82, 2.24) is 5.32 Å². The number of thioether (sulfide) groups is 1. The number of carbonyl (C=O) groups is 1. The van der Waals surface area contributed by atoms with E-state index < -0.39 is 0 Å². The highest BCUT2D eigenvalue weighted by Gasteiger charge is 2.21. The van der Waals surface area contributed by atoms with Crippen LogP contribution < -0.4 is 14.8 Å². The zero-order chi connectivity index (χ0) is 20.1. The van der Waals surface area contributed by atoms with E-state index in [0.717, 1.165) is 28.4 Å². The van der Waals surface area contributed by atoms with Crippen LogP contribution in [0.3, 0.4) is 0 Å². The van der Waals surface area contributed by atoms with Gasteiger partial charge in [-0.15, -0.1) is 11.8 Å². The summed E-state index contributed by atoms with van der Waals surface area (Å²) >= 11 is 13.6. The smallest absolute Gasteiger partial charge is 0.230 e. The van der Waals surface area contributed by atoms with E-state index in [1.807, 2.05) is 18.2 Å². The summed E-state index contributed by atoms with van der Waals surface area (Å²) in [5, 5.41) is 4.31. The van der Waals surface area contributed by atoms with Gasteiger partial charge >= 0.3 is 0 Å². The molecule has 1 amide bonds. The van der Waals surface area contributed by atoms with Crippen molar-refractivity contribution in [2.75, 3.05) is 19.0 Å². The summed E-state index contributed by atoms with van der Waals surface area (Å²) in [6.45, 7) is 5.44. The summed E-state index contributed by atoms with van der Waals surface area (Å²) in [5.74, 6) is 1.89. The number of halogens is 2. The molecule has 2 aromatic rings. The van der Waals surface area contributed by atoms with Crippen LogP contribution in [0, 0.1) is 5.92 Å². The number of hydrogen-bond acceptors (Lipinski definition) is 4. The summed E-state index contributed by atoms with van der Waals surface area (Å²) < 4.78 is 11.5. The minimum absolute atomic E-state index is 0.0631. The maximum atomic E-state index is 12.6. The predicted molar refractivity (Wildman–Crippen MR) is 115 cm³/mol. The fourth-order valence-corrected chi connectivity index (χ4v) is 4.26. The number of carbonyl (C=O) groups excluding carboxylic acids is 1. The summed E-state index contributed by atoms with van der Waals surface area (Å²) in [5.41, 5.74) is 0.999. The van der Waals surface area contributed by atoms with Gasteiger partial charge in [0.25, 0.3) is 0 Å². The van der Waals surface area contributed by atoms with Crippen LogP contribution in [0.4, 0.5) is 0 Å². The van der Waals surface area contributed by atoms with Crippen molar-refractivity contribution in [1.29, 1.82) is 0 Å². The van der Waals surface area contributed by atoms with Crippen LogP contribution in [-0.2, 0) is 4.79 Å². The first-order chi connectivity index (χ1) is 13.4. The van der Waals surface area contributed by atoms with Gasteiger partial charge in [0, 0.05) is 16.3 Å². The molecule has 0 saturated heterocycles. The van der Waals surface area contributed by atoms with Gasteiger partial charge in [0.2, 0.25) is 5.91 Å². The Bertz CT molecular complexity index is 844. The minimum Gasteiger partial charge on any atom is -0.490 e. The van der Waals surface area contributed by atoms with Crippen LogP contribution in [0.25, 0.3) is 0 Å². The second-order valence-electron chi connectivity index (χ2n) is 6.91. The monoisotopic (exact) mass is 439 g/mol. The van der Waals surface area contributed by atoms with E-state index in [4.69, 9.17) is 32.7 Å². The van der Waals surface area contributed by atoms with Gasteiger partial charge in [-0.05, 0) is 41.8 Å². The first-order valence-electron chi connectivity index (χ1n) is 9.21. The Morgan fingerprint density at radius 2 is 1.86 bits per heavy atom. The van der Waals surface area contributed by atoms with Crippen molar-refractivity contribution in [3.8, 4) is 11.5 Å². The number of benzene rings is 2. The second kappa shape index (κ2) is 9.77. The molecule has 7 heteroatoms. The molecule has 0 bridgehead atoms. The standard InChI is InChI=1S/C21H23Cl2NO3S/c1-13(2)21(14-4-7-17-18(10-14)27-9-3-8-26-17)24-20(25)12-28-19-11-15(22)5-6-16(19)23/h4-7,10-11,13,21H,3,8-9,12H2,1-2H3,(H,24,25). The molecule has 28 heavy (non-hydrogen) atoms. The zero-order valence-corrected chi connectivity index (χ0v) is 18.2. The predicted octanol–water partition coefficient (Wildman–Crippen LogP) is 5.76. The summed E-state index contributed by atoms with van der Waals surface area (Å²) in [6, 6.07) is 11.0. The van der Waals surface area contributed by atoms with Gasteiger partial charge < -0.3 is 14.8 Å². The van der Waals surface area contributed by atoms with Crippen molar-refractivity contribution in [3.63, 3.8) is 0 Å². The Labute approximate surface area is 179 Å². The molecule has 1 heterocycles. The highest BCUT2D eigenvalue weighted by molar-refractivity contribution is 8.00. The molecule has 1 unspecified atom stereocenters. The second-order valence-corrected chi connectivity index (χ2v) is 8.77. The molecule has 0 aromatic heterocycles. The molecule has 0 saturated carbocycles. The first-order valence-corrected chi connectivity index (χ1v) is 10.9. The average Bonchev–Trinajstić information content (AvgIpc) is 2.91. The summed E-state index contributed by atoms with van der Waals surface area (Å²) in [6.07, 6.45) is 0.859. The third-order valence-corrected chi connectivity index (χ3v) is 6.10. The molecule has 0 radical (unpaired) electrons. The van der Waals surface area contributed by atoms with E-state index in [2.05, 4.69) is 19.2 Å². The molecule has 0 fully saturated rings. The maximum Gasteiger partial charge on any atom is 0.230 e. The molecule has 1 aliphatic rings. The van der Waals surface area contributed by atoms with Crippen LogP contribution in [0.15, 0.2) is 41.3 Å². The average molecular weight is 440 g/mol. The molecule has 1 aliphatic heterocycles. The fourth-order valence-electron chi connectivity index (χ4n) is 2.95. The van der Waals surface area contributed by atoms with Crippen molar-refractivity contribution in [2.45, 2.75) is 31.2 Å². The molecule has 1 N–H and O–H groups in total. The Hall–Kier alpha value is -1.56. The topological polar surface area (TPSA) is 47.6 Å². The normalized spacial score (nSPS) is 14.5. The van der Waals surface area contributed by atoms with Crippen molar-refractivity contribution in [3.05, 3.63) is 52.0 Å². The van der Waals surface area contributed by atoms with Gasteiger partial charge in [0.05, 0.1) is 30.0 Å². The third-order valence-electron chi connectivity index (χ3n) is 4.37.